The summed E-state index contributed by atoms with van der Waals surface area (Å²) >= 11 is 3.38. The molecule has 1 aromatic heterocycles. The zero-order chi connectivity index (χ0) is 15.4. The molecule has 6 heteroatoms. The fourth-order valence-corrected chi connectivity index (χ4v) is 2.47. The fourth-order valence-electron chi connectivity index (χ4n) is 2.11. The van der Waals surface area contributed by atoms with E-state index in [0.717, 1.165) is 4.47 Å². The zero-order valence-corrected chi connectivity index (χ0v) is 13.4. The highest BCUT2D eigenvalue weighted by molar-refractivity contribution is 9.10. The molecule has 2 rings (SSSR count). The highest BCUT2D eigenvalue weighted by atomic mass is 79.9. The van der Waals surface area contributed by atoms with Gasteiger partial charge in [0.05, 0.1) is 13.2 Å². The Kier molecular flexibility index (Phi) is 5.14. The topological polar surface area (TPSA) is 65.7 Å². The van der Waals surface area contributed by atoms with Crippen molar-refractivity contribution in [2.24, 2.45) is 0 Å². The molecule has 5 nitrogen and oxygen atoms in total. The van der Waals surface area contributed by atoms with Gasteiger partial charge in [-0.15, -0.1) is 0 Å². The van der Waals surface area contributed by atoms with Crippen LogP contribution in [0.25, 0.3) is 11.0 Å². The molecule has 0 aliphatic carbocycles. The first-order chi connectivity index (χ1) is 10.1. The molecule has 0 radical (unpaired) electrons. The van der Waals surface area contributed by atoms with E-state index >= 15 is 0 Å². The average Bonchev–Trinajstić information content (AvgIpc) is 2.45. The number of rotatable bonds is 5. The van der Waals surface area contributed by atoms with E-state index in [0.29, 0.717) is 29.6 Å². The van der Waals surface area contributed by atoms with E-state index in [1.165, 1.54) is 0 Å². The lowest BCUT2D eigenvalue weighted by atomic mass is 10.0. The maximum absolute atomic E-state index is 12.1. The molecular formula is C15H15BrO5. The van der Waals surface area contributed by atoms with Crippen LogP contribution in [-0.2, 0) is 15.9 Å². The molecule has 0 fully saturated rings. The Morgan fingerprint density at radius 2 is 2.14 bits per heavy atom. The van der Waals surface area contributed by atoms with Gasteiger partial charge in [0.2, 0.25) is 0 Å². The molecule has 0 unspecified atom stereocenters. The van der Waals surface area contributed by atoms with Gasteiger partial charge in [-0.05, 0) is 37.1 Å². The molecule has 0 aliphatic rings. The van der Waals surface area contributed by atoms with E-state index in [4.69, 9.17) is 13.9 Å². The third-order valence-corrected chi connectivity index (χ3v) is 3.50. The number of carbonyl (C=O) groups is 1. The zero-order valence-electron chi connectivity index (χ0n) is 11.8. The largest absolute Gasteiger partial charge is 0.462 e. The Labute approximate surface area is 130 Å². The number of fused-ring (bicyclic) bond motifs is 1. The average molecular weight is 355 g/mol. The summed E-state index contributed by atoms with van der Waals surface area (Å²) in [5.74, 6) is -0.667. The van der Waals surface area contributed by atoms with E-state index in [1.807, 2.05) is 6.07 Å². The van der Waals surface area contributed by atoms with Crippen LogP contribution in [0.3, 0.4) is 0 Å². The Morgan fingerprint density at radius 3 is 2.81 bits per heavy atom. The number of halogens is 1. The van der Waals surface area contributed by atoms with Crippen LogP contribution in [0.1, 0.15) is 22.8 Å². The highest BCUT2D eigenvalue weighted by Gasteiger charge is 2.22. The number of methoxy groups -OCH3 is 1. The van der Waals surface area contributed by atoms with Gasteiger partial charge in [0.25, 0.3) is 0 Å². The van der Waals surface area contributed by atoms with Gasteiger partial charge in [-0.25, -0.2) is 9.59 Å². The normalized spacial score (nSPS) is 10.8. The lowest BCUT2D eigenvalue weighted by molar-refractivity contribution is 0.0520. The van der Waals surface area contributed by atoms with Crippen LogP contribution >= 0.6 is 15.9 Å². The summed E-state index contributed by atoms with van der Waals surface area (Å²) in [6.45, 7) is 2.27. The molecule has 0 spiro atoms. The Hall–Kier alpha value is -1.66. The van der Waals surface area contributed by atoms with E-state index < -0.39 is 11.6 Å². The summed E-state index contributed by atoms with van der Waals surface area (Å²) in [6.07, 6.45) is 0.420. The maximum atomic E-state index is 12.1. The monoisotopic (exact) mass is 354 g/mol. The van der Waals surface area contributed by atoms with Crippen LogP contribution < -0.4 is 5.63 Å². The van der Waals surface area contributed by atoms with Crippen LogP contribution in [0.4, 0.5) is 0 Å². The maximum Gasteiger partial charge on any atom is 0.351 e. The van der Waals surface area contributed by atoms with E-state index in [2.05, 4.69) is 15.9 Å². The Morgan fingerprint density at radius 1 is 1.38 bits per heavy atom. The fraction of sp³-hybridized carbons (Fsp3) is 0.333. The molecule has 0 bridgehead atoms. The van der Waals surface area contributed by atoms with Gasteiger partial charge in [-0.2, -0.15) is 0 Å². The van der Waals surface area contributed by atoms with Gasteiger partial charge in [0.1, 0.15) is 11.1 Å². The Balaban J connectivity index is 2.72. The van der Waals surface area contributed by atoms with Crippen LogP contribution in [0.15, 0.2) is 31.9 Å². The first-order valence-electron chi connectivity index (χ1n) is 6.49. The number of benzene rings is 1. The summed E-state index contributed by atoms with van der Waals surface area (Å²) in [5, 5.41) is 0.698. The predicted molar refractivity (Wildman–Crippen MR) is 81.7 cm³/mol. The summed E-state index contributed by atoms with van der Waals surface area (Å²) in [4.78, 5) is 24.1. The first kappa shape index (κ1) is 15.7. The molecule has 0 N–H and O–H groups in total. The van der Waals surface area contributed by atoms with Crippen molar-refractivity contribution in [3.05, 3.63) is 44.2 Å². The van der Waals surface area contributed by atoms with E-state index in [-0.39, 0.29) is 12.2 Å². The number of hydrogen-bond acceptors (Lipinski definition) is 5. The molecule has 0 atom stereocenters. The van der Waals surface area contributed by atoms with Crippen molar-refractivity contribution in [1.82, 2.24) is 0 Å². The molecule has 112 valence electrons. The van der Waals surface area contributed by atoms with Gasteiger partial charge in [0, 0.05) is 17.0 Å². The molecule has 0 saturated heterocycles. The summed E-state index contributed by atoms with van der Waals surface area (Å²) < 4.78 is 16.1. The lowest BCUT2D eigenvalue weighted by Gasteiger charge is -2.10. The van der Waals surface area contributed by atoms with Crippen molar-refractivity contribution in [2.45, 2.75) is 13.3 Å². The van der Waals surface area contributed by atoms with Gasteiger partial charge in [-0.3, -0.25) is 0 Å². The van der Waals surface area contributed by atoms with Crippen molar-refractivity contribution in [2.75, 3.05) is 20.3 Å². The van der Waals surface area contributed by atoms with E-state index in [1.54, 1.807) is 26.2 Å². The van der Waals surface area contributed by atoms with Crippen molar-refractivity contribution in [1.29, 1.82) is 0 Å². The number of hydrogen-bond donors (Lipinski definition) is 0. The van der Waals surface area contributed by atoms with Crippen LogP contribution in [-0.4, -0.2) is 26.3 Å². The number of carbonyl (C=O) groups excluding carboxylic acids is 1. The van der Waals surface area contributed by atoms with Gasteiger partial charge in [0.15, 0.2) is 0 Å². The minimum absolute atomic E-state index is 0.0560. The van der Waals surface area contributed by atoms with Crippen molar-refractivity contribution in [3.63, 3.8) is 0 Å². The van der Waals surface area contributed by atoms with Crippen LogP contribution in [0.2, 0.25) is 0 Å². The molecule has 21 heavy (non-hydrogen) atoms. The van der Waals surface area contributed by atoms with Crippen molar-refractivity contribution in [3.8, 4) is 0 Å². The van der Waals surface area contributed by atoms with Crippen molar-refractivity contribution >= 4 is 32.9 Å². The number of ether oxygens (including phenoxy) is 2. The minimum Gasteiger partial charge on any atom is -0.462 e. The minimum atomic E-state index is -0.686. The first-order valence-corrected chi connectivity index (χ1v) is 7.29. The standard InChI is InChI=1S/C15H15BrO5/c1-3-20-14(17)13-10(6-7-19-2)11-8-9(16)4-5-12(11)21-15(13)18/h4-5,8H,3,6-7H2,1-2H3. The summed E-state index contributed by atoms with van der Waals surface area (Å²) in [7, 11) is 1.56. The second-order valence-electron chi connectivity index (χ2n) is 4.35. The molecule has 0 amide bonds. The Bertz CT molecular complexity index is 720. The third-order valence-electron chi connectivity index (χ3n) is 3.01. The summed E-state index contributed by atoms with van der Waals surface area (Å²) in [5.41, 5.74) is 0.277. The molecular weight excluding hydrogens is 340 g/mol. The molecule has 0 saturated carbocycles. The molecule has 0 aliphatic heterocycles. The van der Waals surface area contributed by atoms with E-state index in [9.17, 15) is 9.59 Å². The predicted octanol–water partition coefficient (Wildman–Crippen LogP) is 2.92. The summed E-state index contributed by atoms with van der Waals surface area (Å²) in [6, 6.07) is 5.27. The second kappa shape index (κ2) is 6.87. The van der Waals surface area contributed by atoms with Gasteiger partial charge >= 0.3 is 11.6 Å². The van der Waals surface area contributed by atoms with Gasteiger partial charge in [-0.1, -0.05) is 15.9 Å². The molecule has 1 heterocycles. The lowest BCUT2D eigenvalue weighted by Crippen LogP contribution is -2.20. The second-order valence-corrected chi connectivity index (χ2v) is 5.26. The smallest absolute Gasteiger partial charge is 0.351 e. The molecule has 2 aromatic rings. The SMILES string of the molecule is CCOC(=O)c1c(CCOC)c2cc(Br)ccc2oc1=O. The number of esters is 1. The quantitative estimate of drug-likeness (QED) is 0.610. The highest BCUT2D eigenvalue weighted by Crippen LogP contribution is 2.25. The van der Waals surface area contributed by atoms with Crippen LogP contribution in [0.5, 0.6) is 0 Å². The van der Waals surface area contributed by atoms with Crippen molar-refractivity contribution < 1.29 is 18.7 Å². The third kappa shape index (κ3) is 3.33. The molecule has 1 aromatic carbocycles. The van der Waals surface area contributed by atoms with Crippen LogP contribution in [0, 0.1) is 0 Å². The van der Waals surface area contributed by atoms with Gasteiger partial charge < -0.3 is 13.9 Å².